The summed E-state index contributed by atoms with van der Waals surface area (Å²) in [7, 11) is 0. The molecule has 0 spiro atoms. The summed E-state index contributed by atoms with van der Waals surface area (Å²) in [6, 6.07) is 10.2. The molecule has 1 aromatic rings. The fraction of sp³-hybridized carbons (Fsp3) is 0.667. The van der Waals surface area contributed by atoms with Crippen LogP contribution in [0.2, 0.25) is 0 Å². The van der Waals surface area contributed by atoms with Gasteiger partial charge in [-0.1, -0.05) is 56.0 Å². The van der Waals surface area contributed by atoms with E-state index >= 15 is 0 Å². The van der Waals surface area contributed by atoms with Crippen LogP contribution in [0.25, 0.3) is 0 Å². The zero-order valence-electron chi connectivity index (χ0n) is 12.8. The molecule has 1 saturated carbocycles. The van der Waals surface area contributed by atoms with Crippen molar-refractivity contribution >= 4 is 0 Å². The SMILES string of the molecule is CCC(N[C@@H](C)C1CCCCC1)c1ccc(C)cc1. The maximum Gasteiger partial charge on any atom is 0.0320 e. The van der Waals surface area contributed by atoms with Crippen LogP contribution in [0.5, 0.6) is 0 Å². The lowest BCUT2D eigenvalue weighted by atomic mass is 9.84. The number of rotatable bonds is 5. The third kappa shape index (κ3) is 4.07. The van der Waals surface area contributed by atoms with Gasteiger partial charge in [0.1, 0.15) is 0 Å². The fourth-order valence-corrected chi connectivity index (χ4v) is 3.34. The molecule has 1 aromatic carbocycles. The molecule has 0 bridgehead atoms. The van der Waals surface area contributed by atoms with Gasteiger partial charge in [0.05, 0.1) is 0 Å². The molecule has 0 aromatic heterocycles. The van der Waals surface area contributed by atoms with Crippen LogP contribution in [0, 0.1) is 12.8 Å². The molecule has 0 radical (unpaired) electrons. The summed E-state index contributed by atoms with van der Waals surface area (Å²) < 4.78 is 0. The van der Waals surface area contributed by atoms with Crippen molar-refractivity contribution in [2.24, 2.45) is 5.92 Å². The predicted molar refractivity (Wildman–Crippen MR) is 83.4 cm³/mol. The molecule has 1 nitrogen and oxygen atoms in total. The van der Waals surface area contributed by atoms with Crippen molar-refractivity contribution in [1.29, 1.82) is 0 Å². The summed E-state index contributed by atoms with van der Waals surface area (Å²) in [6.07, 6.45) is 8.30. The zero-order chi connectivity index (χ0) is 13.7. The van der Waals surface area contributed by atoms with Gasteiger partial charge in [-0.25, -0.2) is 0 Å². The van der Waals surface area contributed by atoms with E-state index in [1.54, 1.807) is 0 Å². The second-order valence-corrected chi connectivity index (χ2v) is 6.22. The highest BCUT2D eigenvalue weighted by molar-refractivity contribution is 5.24. The molecule has 1 heteroatoms. The second kappa shape index (κ2) is 7.09. The van der Waals surface area contributed by atoms with Gasteiger partial charge in [-0.05, 0) is 44.6 Å². The minimum Gasteiger partial charge on any atom is -0.307 e. The summed E-state index contributed by atoms with van der Waals surface area (Å²) in [5.41, 5.74) is 2.79. The van der Waals surface area contributed by atoms with Crippen molar-refractivity contribution in [2.45, 2.75) is 71.4 Å². The Balaban J connectivity index is 1.96. The highest BCUT2D eigenvalue weighted by Gasteiger charge is 2.22. The lowest BCUT2D eigenvalue weighted by Crippen LogP contribution is -2.37. The van der Waals surface area contributed by atoms with Gasteiger partial charge in [0.2, 0.25) is 0 Å². The van der Waals surface area contributed by atoms with E-state index < -0.39 is 0 Å². The molecule has 0 aliphatic heterocycles. The molecule has 1 aliphatic rings. The summed E-state index contributed by atoms with van der Waals surface area (Å²) in [4.78, 5) is 0. The lowest BCUT2D eigenvalue weighted by Gasteiger charge is -2.31. The molecular weight excluding hydrogens is 230 g/mol. The average molecular weight is 259 g/mol. The maximum absolute atomic E-state index is 3.87. The first-order valence-corrected chi connectivity index (χ1v) is 8.03. The van der Waals surface area contributed by atoms with Crippen molar-refractivity contribution in [3.8, 4) is 0 Å². The second-order valence-electron chi connectivity index (χ2n) is 6.22. The van der Waals surface area contributed by atoms with Crippen LogP contribution in [0.1, 0.15) is 69.5 Å². The molecule has 19 heavy (non-hydrogen) atoms. The number of nitrogens with one attached hydrogen (secondary N) is 1. The Kier molecular flexibility index (Phi) is 5.45. The van der Waals surface area contributed by atoms with Crippen molar-refractivity contribution in [2.75, 3.05) is 0 Å². The van der Waals surface area contributed by atoms with Crippen molar-refractivity contribution in [1.82, 2.24) is 5.32 Å². The summed E-state index contributed by atoms with van der Waals surface area (Å²) >= 11 is 0. The van der Waals surface area contributed by atoms with Gasteiger partial charge < -0.3 is 5.32 Å². The van der Waals surface area contributed by atoms with E-state index in [4.69, 9.17) is 0 Å². The van der Waals surface area contributed by atoms with E-state index in [9.17, 15) is 0 Å². The Hall–Kier alpha value is -0.820. The van der Waals surface area contributed by atoms with E-state index in [1.165, 1.54) is 49.7 Å². The molecule has 2 atom stereocenters. The number of hydrogen-bond donors (Lipinski definition) is 1. The largest absolute Gasteiger partial charge is 0.307 e. The Morgan fingerprint density at radius 2 is 1.74 bits per heavy atom. The molecule has 1 aliphatic carbocycles. The van der Waals surface area contributed by atoms with E-state index in [0.29, 0.717) is 12.1 Å². The van der Waals surface area contributed by atoms with Crippen LogP contribution in [0.15, 0.2) is 24.3 Å². The topological polar surface area (TPSA) is 12.0 Å². The number of hydrogen-bond acceptors (Lipinski definition) is 1. The van der Waals surface area contributed by atoms with Gasteiger partial charge in [0, 0.05) is 12.1 Å². The average Bonchev–Trinajstić information content (AvgIpc) is 2.46. The first-order valence-electron chi connectivity index (χ1n) is 8.03. The third-order valence-electron chi connectivity index (χ3n) is 4.71. The van der Waals surface area contributed by atoms with Crippen LogP contribution >= 0.6 is 0 Å². The van der Waals surface area contributed by atoms with Crippen LogP contribution in [0.3, 0.4) is 0 Å². The zero-order valence-corrected chi connectivity index (χ0v) is 12.8. The van der Waals surface area contributed by atoms with Crippen LogP contribution in [-0.2, 0) is 0 Å². The van der Waals surface area contributed by atoms with Gasteiger partial charge in [0.15, 0.2) is 0 Å². The summed E-state index contributed by atoms with van der Waals surface area (Å²) in [5.74, 6) is 0.883. The number of benzene rings is 1. The van der Waals surface area contributed by atoms with Crippen molar-refractivity contribution in [3.63, 3.8) is 0 Å². The molecule has 1 fully saturated rings. The molecule has 0 saturated heterocycles. The van der Waals surface area contributed by atoms with E-state index in [0.717, 1.165) is 5.92 Å². The Morgan fingerprint density at radius 1 is 1.11 bits per heavy atom. The van der Waals surface area contributed by atoms with Crippen molar-refractivity contribution < 1.29 is 0 Å². The van der Waals surface area contributed by atoms with E-state index in [2.05, 4.69) is 50.4 Å². The Bertz CT molecular complexity index is 362. The van der Waals surface area contributed by atoms with Crippen LogP contribution in [-0.4, -0.2) is 6.04 Å². The molecule has 1 unspecified atom stereocenters. The smallest absolute Gasteiger partial charge is 0.0320 e. The standard InChI is InChI=1S/C18H29N/c1-4-18(17-12-10-14(2)11-13-17)19-15(3)16-8-6-5-7-9-16/h10-13,15-16,18-19H,4-9H2,1-3H3/t15-,18?/m0/s1. The Labute approximate surface area is 118 Å². The van der Waals surface area contributed by atoms with E-state index in [-0.39, 0.29) is 0 Å². The first-order chi connectivity index (χ1) is 9.20. The first kappa shape index (κ1) is 14.6. The highest BCUT2D eigenvalue weighted by atomic mass is 14.9. The van der Waals surface area contributed by atoms with Crippen molar-refractivity contribution in [3.05, 3.63) is 35.4 Å². The predicted octanol–water partition coefficient (Wildman–Crippen LogP) is 5.00. The quantitative estimate of drug-likeness (QED) is 0.784. The summed E-state index contributed by atoms with van der Waals surface area (Å²) in [5, 5.41) is 3.87. The van der Waals surface area contributed by atoms with Gasteiger partial charge in [-0.3, -0.25) is 0 Å². The van der Waals surface area contributed by atoms with Crippen LogP contribution in [0.4, 0.5) is 0 Å². The highest BCUT2D eigenvalue weighted by Crippen LogP contribution is 2.28. The number of aryl methyl sites for hydroxylation is 1. The maximum atomic E-state index is 3.87. The van der Waals surface area contributed by atoms with Gasteiger partial charge in [0.25, 0.3) is 0 Å². The van der Waals surface area contributed by atoms with Crippen LogP contribution < -0.4 is 5.32 Å². The molecule has 1 N–H and O–H groups in total. The fourth-order valence-electron chi connectivity index (χ4n) is 3.34. The molecule has 106 valence electrons. The minimum absolute atomic E-state index is 0.512. The molecule has 2 rings (SSSR count). The Morgan fingerprint density at radius 3 is 2.32 bits per heavy atom. The van der Waals surface area contributed by atoms with E-state index in [1.807, 2.05) is 0 Å². The third-order valence-corrected chi connectivity index (χ3v) is 4.71. The normalized spacial score (nSPS) is 20.2. The molecule has 0 heterocycles. The monoisotopic (exact) mass is 259 g/mol. The summed E-state index contributed by atoms with van der Waals surface area (Å²) in [6.45, 7) is 6.82. The molecular formula is C18H29N. The van der Waals surface area contributed by atoms with Gasteiger partial charge in [-0.15, -0.1) is 0 Å². The van der Waals surface area contributed by atoms with Gasteiger partial charge in [-0.2, -0.15) is 0 Å². The minimum atomic E-state index is 0.512. The van der Waals surface area contributed by atoms with Gasteiger partial charge >= 0.3 is 0 Å². The lowest BCUT2D eigenvalue weighted by molar-refractivity contribution is 0.262. The molecule has 0 amide bonds.